The molecule has 0 aliphatic carbocycles. The fraction of sp³-hybridized carbons (Fsp3) is 0.700. The van der Waals surface area contributed by atoms with Crippen molar-refractivity contribution in [1.29, 1.82) is 0 Å². The molecule has 2 aromatic heterocycles. The summed E-state index contributed by atoms with van der Waals surface area (Å²) in [6.07, 6.45) is 34.9. The summed E-state index contributed by atoms with van der Waals surface area (Å²) in [6, 6.07) is 8.71. The lowest BCUT2D eigenvalue weighted by atomic mass is 10.1. The maximum absolute atomic E-state index is 9.64. The van der Waals surface area contributed by atoms with E-state index in [9.17, 15) is 9.59 Å². The predicted octanol–water partition coefficient (Wildman–Crippen LogP) is 9.57. The molecule has 272 valence electrons. The van der Waals surface area contributed by atoms with E-state index in [1.54, 1.807) is 0 Å². The maximum atomic E-state index is 9.64. The van der Waals surface area contributed by atoms with Crippen molar-refractivity contribution < 1.29 is 19.8 Å². The lowest BCUT2D eigenvalue weighted by Gasteiger charge is -2.07. The number of aryl methyl sites for hydroxylation is 2. The van der Waals surface area contributed by atoms with E-state index in [0.29, 0.717) is 0 Å². The Labute approximate surface area is 291 Å². The van der Waals surface area contributed by atoms with Crippen molar-refractivity contribution >= 4 is 11.9 Å². The zero-order valence-corrected chi connectivity index (χ0v) is 30.5. The second-order valence-electron chi connectivity index (χ2n) is 13.0. The topological polar surface area (TPSA) is 109 Å². The number of hydrogen-bond donors (Lipinski definition) is 2. The highest BCUT2D eigenvalue weighted by molar-refractivity contribution is 5.75. The fourth-order valence-electron chi connectivity index (χ4n) is 5.47. The molecule has 0 amide bonds. The van der Waals surface area contributed by atoms with Gasteiger partial charge in [-0.15, -0.1) is 0 Å². The standard InChI is InChI=1S/C36H62N4.C4H6O4/c1-3-5-7-9-15-19-27-37-35-23-31-39(32-24-35)29-21-17-13-11-12-14-18-22-30-40-33-25-36(26-34-40)38-28-20-16-10-8-6-4-2;5-3(6)1-2-4(7)8/h23-26,31-34H,3-22,27-30H2,1-2H3;1-2H2,(H,5,6)(H,7,8). The number of aliphatic carboxylic acids is 2. The highest BCUT2D eigenvalue weighted by Gasteiger charge is 2.00. The minimum atomic E-state index is -1.08. The summed E-state index contributed by atoms with van der Waals surface area (Å²) in [5.74, 6) is -2.15. The molecule has 0 aliphatic heterocycles. The highest BCUT2D eigenvalue weighted by atomic mass is 16.4. The molecule has 0 unspecified atom stereocenters. The van der Waals surface area contributed by atoms with E-state index >= 15 is 0 Å². The van der Waals surface area contributed by atoms with Gasteiger partial charge in [-0.05, 0) is 49.9 Å². The number of nitrogens with zero attached hydrogens (tertiary/aromatic N) is 4. The Kier molecular flexibility index (Phi) is 27.8. The molecule has 8 heteroatoms. The SMILES string of the molecule is CCCCCCCCN=c1ccn(CCCCCCCCCCn2ccc(=NCCCCCCCC)cc2)cc1.O=C(O)CCC(=O)O. The van der Waals surface area contributed by atoms with Crippen molar-refractivity contribution in [2.24, 2.45) is 9.98 Å². The highest BCUT2D eigenvalue weighted by Crippen LogP contribution is 2.10. The molecule has 0 fully saturated rings. The Balaban J connectivity index is 0.00000127. The summed E-state index contributed by atoms with van der Waals surface area (Å²) in [6.45, 7) is 8.74. The molecular weight excluding hydrogens is 600 g/mol. The minimum absolute atomic E-state index is 0.296. The van der Waals surface area contributed by atoms with Gasteiger partial charge in [0.05, 0.1) is 23.6 Å². The van der Waals surface area contributed by atoms with Crippen LogP contribution in [0.15, 0.2) is 59.0 Å². The third kappa shape index (κ3) is 26.9. The van der Waals surface area contributed by atoms with Crippen LogP contribution < -0.4 is 10.7 Å². The van der Waals surface area contributed by atoms with Crippen molar-refractivity contribution in [3.8, 4) is 0 Å². The zero-order valence-electron chi connectivity index (χ0n) is 30.5. The molecule has 0 radical (unpaired) electrons. The molecule has 0 aliphatic rings. The number of rotatable bonds is 28. The van der Waals surface area contributed by atoms with Gasteiger partial charge >= 0.3 is 11.9 Å². The average Bonchev–Trinajstić information content (AvgIpc) is 3.09. The number of pyridine rings is 2. The lowest BCUT2D eigenvalue weighted by molar-refractivity contribution is -0.143. The number of unbranched alkanes of at least 4 members (excludes halogenated alkanes) is 17. The molecule has 2 heterocycles. The summed E-state index contributed by atoms with van der Waals surface area (Å²) in [5.41, 5.74) is 0. The lowest BCUT2D eigenvalue weighted by Crippen LogP contribution is -2.06. The van der Waals surface area contributed by atoms with E-state index in [1.165, 1.54) is 128 Å². The first-order valence-corrected chi connectivity index (χ1v) is 19.2. The first kappa shape index (κ1) is 42.9. The van der Waals surface area contributed by atoms with E-state index in [4.69, 9.17) is 20.2 Å². The minimum Gasteiger partial charge on any atom is -0.481 e. The van der Waals surface area contributed by atoms with Crippen LogP contribution in [-0.2, 0) is 22.7 Å². The molecule has 8 nitrogen and oxygen atoms in total. The van der Waals surface area contributed by atoms with Gasteiger partial charge in [0.15, 0.2) is 0 Å². The van der Waals surface area contributed by atoms with E-state index in [-0.39, 0.29) is 12.8 Å². The molecule has 2 N–H and O–H groups in total. The fourth-order valence-corrected chi connectivity index (χ4v) is 5.47. The summed E-state index contributed by atoms with van der Waals surface area (Å²) in [4.78, 5) is 28.8. The summed E-state index contributed by atoms with van der Waals surface area (Å²) in [5, 5.41) is 18.1. The number of carboxylic acid groups (broad SMARTS) is 2. The molecule has 0 aromatic carbocycles. The number of aromatic nitrogens is 2. The van der Waals surface area contributed by atoms with Crippen LogP contribution in [0.25, 0.3) is 0 Å². The van der Waals surface area contributed by atoms with Crippen LogP contribution in [0.1, 0.15) is 155 Å². The molecule has 2 aromatic rings. The first-order valence-electron chi connectivity index (χ1n) is 19.2. The second-order valence-corrected chi connectivity index (χ2v) is 13.0. The van der Waals surface area contributed by atoms with Gasteiger partial charge in [-0.2, -0.15) is 0 Å². The van der Waals surface area contributed by atoms with Gasteiger partial charge in [0.25, 0.3) is 0 Å². The molecule has 48 heavy (non-hydrogen) atoms. The summed E-state index contributed by atoms with van der Waals surface area (Å²) < 4.78 is 4.63. The van der Waals surface area contributed by atoms with Crippen molar-refractivity contribution in [3.63, 3.8) is 0 Å². The van der Waals surface area contributed by atoms with E-state index < -0.39 is 11.9 Å². The van der Waals surface area contributed by atoms with Crippen molar-refractivity contribution in [2.45, 2.75) is 168 Å². The van der Waals surface area contributed by atoms with Gasteiger partial charge in [-0.1, -0.05) is 117 Å². The Morgan fingerprint density at radius 1 is 0.479 bits per heavy atom. The summed E-state index contributed by atoms with van der Waals surface area (Å²) >= 11 is 0. The molecule has 0 atom stereocenters. The monoisotopic (exact) mass is 669 g/mol. The van der Waals surface area contributed by atoms with Crippen LogP contribution in [0.2, 0.25) is 0 Å². The maximum Gasteiger partial charge on any atom is 0.303 e. The Bertz CT molecular complexity index is 1070. The second kappa shape index (κ2) is 31.1. The van der Waals surface area contributed by atoms with Crippen LogP contribution in [-0.4, -0.2) is 44.4 Å². The van der Waals surface area contributed by atoms with Gasteiger partial charge in [0.1, 0.15) is 0 Å². The predicted molar refractivity (Wildman–Crippen MR) is 198 cm³/mol. The largest absolute Gasteiger partial charge is 0.481 e. The van der Waals surface area contributed by atoms with Gasteiger partial charge in [0.2, 0.25) is 0 Å². The molecule has 2 rings (SSSR count). The van der Waals surface area contributed by atoms with Crippen LogP contribution in [0.5, 0.6) is 0 Å². The van der Waals surface area contributed by atoms with Gasteiger partial charge in [-0.3, -0.25) is 19.6 Å². The zero-order chi connectivity index (χ0) is 34.9. The Hall–Kier alpha value is -3.16. The molecule has 0 saturated carbocycles. The van der Waals surface area contributed by atoms with Gasteiger partial charge in [-0.25, -0.2) is 0 Å². The quantitative estimate of drug-likeness (QED) is 0.0880. The summed E-state index contributed by atoms with van der Waals surface area (Å²) in [7, 11) is 0. The average molecular weight is 669 g/mol. The normalized spacial score (nSPS) is 10.7. The van der Waals surface area contributed by atoms with Crippen LogP contribution in [0.4, 0.5) is 0 Å². The van der Waals surface area contributed by atoms with Crippen molar-refractivity contribution in [2.75, 3.05) is 13.1 Å². The molecular formula is C40H68N4O4. The van der Waals surface area contributed by atoms with Gasteiger partial charge < -0.3 is 19.3 Å². The Morgan fingerprint density at radius 2 is 0.771 bits per heavy atom. The number of carboxylic acids is 2. The van der Waals surface area contributed by atoms with E-state index in [2.05, 4.69) is 72.0 Å². The van der Waals surface area contributed by atoms with Crippen molar-refractivity contribution in [3.05, 3.63) is 59.8 Å². The third-order valence-corrected chi connectivity index (χ3v) is 8.49. The Morgan fingerprint density at radius 3 is 1.08 bits per heavy atom. The smallest absolute Gasteiger partial charge is 0.303 e. The third-order valence-electron chi connectivity index (χ3n) is 8.49. The van der Waals surface area contributed by atoms with Gasteiger partial charge in [0, 0.05) is 51.0 Å². The number of hydrogen-bond acceptors (Lipinski definition) is 4. The molecule has 0 saturated heterocycles. The van der Waals surface area contributed by atoms with Crippen LogP contribution >= 0.6 is 0 Å². The molecule has 0 bridgehead atoms. The van der Waals surface area contributed by atoms with Crippen molar-refractivity contribution in [1.82, 2.24) is 9.13 Å². The molecule has 0 spiro atoms. The van der Waals surface area contributed by atoms with E-state index in [1.807, 2.05) is 0 Å². The van der Waals surface area contributed by atoms with Crippen LogP contribution in [0.3, 0.4) is 0 Å². The number of carbonyl (C=O) groups is 2. The van der Waals surface area contributed by atoms with Crippen LogP contribution in [0, 0.1) is 0 Å². The first-order chi connectivity index (χ1) is 23.4. The van der Waals surface area contributed by atoms with E-state index in [0.717, 1.165) is 36.9 Å².